The Labute approximate surface area is 218 Å². The molecule has 0 spiro atoms. The van der Waals surface area contributed by atoms with Gasteiger partial charge in [0.2, 0.25) is 0 Å². The molecule has 0 bridgehead atoms. The van der Waals surface area contributed by atoms with Crippen LogP contribution in [-0.4, -0.2) is 50.6 Å². The first-order valence-corrected chi connectivity index (χ1v) is 12.6. The molecule has 2 aliphatic heterocycles. The van der Waals surface area contributed by atoms with Gasteiger partial charge in [-0.3, -0.25) is 9.80 Å². The van der Waals surface area contributed by atoms with Crippen molar-refractivity contribution in [2.45, 2.75) is 12.2 Å². The van der Waals surface area contributed by atoms with Crippen LogP contribution in [0.2, 0.25) is 0 Å². The number of carbonyl (C=O) groups excluding carboxylic acids is 2. The van der Waals surface area contributed by atoms with Crippen LogP contribution in [0.4, 0.5) is 29.7 Å². The van der Waals surface area contributed by atoms with Crippen LogP contribution in [0.1, 0.15) is 0 Å². The molecule has 2 fully saturated rings. The van der Waals surface area contributed by atoms with Crippen LogP contribution in [0, 0.1) is 11.6 Å². The van der Waals surface area contributed by atoms with Gasteiger partial charge in [-0.25, -0.2) is 18.4 Å². The van der Waals surface area contributed by atoms with Crippen molar-refractivity contribution >= 4 is 50.8 Å². The van der Waals surface area contributed by atoms with E-state index in [0.29, 0.717) is 34.5 Å². The third kappa shape index (κ3) is 5.67. The first kappa shape index (κ1) is 26.0. The molecule has 2 saturated heterocycles. The summed E-state index contributed by atoms with van der Waals surface area (Å²) in [5.74, 6) is -0.768. The molecule has 5 rings (SSSR count). The van der Waals surface area contributed by atoms with Gasteiger partial charge < -0.3 is 20.9 Å². The molecular weight excluding hydrogens is 558 g/mol. The zero-order chi connectivity index (χ0) is 25.8. The molecular formula is C24H23BrF2N4O4S. The molecule has 2 aromatic carbocycles. The van der Waals surface area contributed by atoms with E-state index in [1.54, 1.807) is 24.3 Å². The topological polar surface area (TPSA) is 111 Å². The molecule has 2 aliphatic rings. The summed E-state index contributed by atoms with van der Waals surface area (Å²) in [5.41, 5.74) is 12.4. The molecule has 0 unspecified atom stereocenters. The van der Waals surface area contributed by atoms with Crippen LogP contribution in [-0.2, 0) is 9.47 Å². The van der Waals surface area contributed by atoms with E-state index in [1.807, 2.05) is 17.5 Å². The Kier molecular flexibility index (Phi) is 8.19. The molecule has 3 aromatic rings. The number of hydrogen-bond acceptors (Lipinski definition) is 7. The summed E-state index contributed by atoms with van der Waals surface area (Å²) in [7, 11) is 0. The van der Waals surface area contributed by atoms with Gasteiger partial charge in [-0.1, -0.05) is 6.07 Å². The van der Waals surface area contributed by atoms with E-state index >= 15 is 0 Å². The maximum absolute atomic E-state index is 14.2. The first-order valence-electron chi connectivity index (χ1n) is 11.0. The average molecular weight is 581 g/mol. The van der Waals surface area contributed by atoms with E-state index in [-0.39, 0.29) is 31.1 Å². The van der Waals surface area contributed by atoms with Crippen molar-refractivity contribution < 1.29 is 27.8 Å². The average Bonchev–Trinajstić information content (AvgIpc) is 3.61. The summed E-state index contributed by atoms with van der Waals surface area (Å²) >= 11 is 4.52. The van der Waals surface area contributed by atoms with Crippen molar-refractivity contribution in [3.8, 4) is 10.4 Å². The second-order valence-corrected chi connectivity index (χ2v) is 9.75. The number of benzene rings is 2. The SMILES string of the molecule is NC[C@H]1CN(c2ccc(-c3cccs3)c(F)c2)C(=O)O1.NC[C@H]1CN(c2ccc(Br)c(F)c2)C(=O)O1. The minimum atomic E-state index is -0.489. The van der Waals surface area contributed by atoms with Crippen LogP contribution < -0.4 is 21.3 Å². The normalized spacial score (nSPS) is 19.1. The van der Waals surface area contributed by atoms with Gasteiger partial charge in [0.15, 0.2) is 0 Å². The second kappa shape index (κ2) is 11.3. The van der Waals surface area contributed by atoms with Crippen LogP contribution >= 0.6 is 27.3 Å². The highest BCUT2D eigenvalue weighted by molar-refractivity contribution is 9.10. The highest BCUT2D eigenvalue weighted by Crippen LogP contribution is 2.31. The van der Waals surface area contributed by atoms with Gasteiger partial charge in [0, 0.05) is 23.5 Å². The van der Waals surface area contributed by atoms with E-state index in [9.17, 15) is 18.4 Å². The highest BCUT2D eigenvalue weighted by atomic mass is 79.9. The van der Waals surface area contributed by atoms with Crippen molar-refractivity contribution in [1.29, 1.82) is 0 Å². The molecule has 0 radical (unpaired) electrons. The predicted octanol–water partition coefficient (Wildman–Crippen LogP) is 4.71. The number of nitrogens with two attached hydrogens (primary N) is 2. The number of thiophene rings is 1. The Hall–Kier alpha value is -3.06. The van der Waals surface area contributed by atoms with Gasteiger partial charge in [-0.2, -0.15) is 0 Å². The van der Waals surface area contributed by atoms with Crippen molar-refractivity contribution in [2.75, 3.05) is 36.0 Å². The molecule has 8 nitrogen and oxygen atoms in total. The van der Waals surface area contributed by atoms with Crippen molar-refractivity contribution in [1.82, 2.24) is 0 Å². The number of carbonyl (C=O) groups is 2. The van der Waals surface area contributed by atoms with Crippen LogP contribution in [0.15, 0.2) is 58.4 Å². The van der Waals surface area contributed by atoms with Gasteiger partial charge in [-0.15, -0.1) is 11.3 Å². The van der Waals surface area contributed by atoms with Crippen molar-refractivity contribution in [2.24, 2.45) is 11.5 Å². The van der Waals surface area contributed by atoms with Crippen LogP contribution in [0.25, 0.3) is 10.4 Å². The first-order chi connectivity index (χ1) is 17.3. The lowest BCUT2D eigenvalue weighted by Gasteiger charge is -2.13. The smallest absolute Gasteiger partial charge is 0.414 e. The Morgan fingerprint density at radius 2 is 1.44 bits per heavy atom. The molecule has 3 heterocycles. The number of anilines is 2. The van der Waals surface area contributed by atoms with E-state index in [1.165, 1.54) is 33.3 Å². The minimum absolute atomic E-state index is 0.262. The standard InChI is InChI=1S/C14H13FN2O2S.C10H10BrFN2O2/c15-12-6-9(17-8-10(7-16)19-14(17)18)3-4-11(12)13-2-1-5-20-13;11-8-2-1-6(3-9(8)12)14-5-7(4-13)16-10(14)15/h1-6,10H,7-8,16H2;1-3,7H,4-5,13H2/t10-;7-/m00/s1. The molecule has 36 heavy (non-hydrogen) atoms. The maximum Gasteiger partial charge on any atom is 0.414 e. The van der Waals surface area contributed by atoms with E-state index in [4.69, 9.17) is 20.9 Å². The van der Waals surface area contributed by atoms with E-state index in [2.05, 4.69) is 15.9 Å². The molecule has 0 aliphatic carbocycles. The lowest BCUT2D eigenvalue weighted by atomic mass is 10.1. The highest BCUT2D eigenvalue weighted by Gasteiger charge is 2.32. The zero-order valence-corrected chi connectivity index (χ0v) is 21.3. The molecule has 12 heteroatoms. The number of halogens is 3. The lowest BCUT2D eigenvalue weighted by molar-refractivity contribution is 0.144. The van der Waals surface area contributed by atoms with Crippen LogP contribution in [0.5, 0.6) is 0 Å². The molecule has 190 valence electrons. The quantitative estimate of drug-likeness (QED) is 0.452. The fourth-order valence-electron chi connectivity index (χ4n) is 3.67. The number of cyclic esters (lactones) is 2. The predicted molar refractivity (Wildman–Crippen MR) is 137 cm³/mol. The van der Waals surface area contributed by atoms with Crippen LogP contribution in [0.3, 0.4) is 0 Å². The largest absolute Gasteiger partial charge is 0.443 e. The Morgan fingerprint density at radius 1 is 0.889 bits per heavy atom. The fraction of sp³-hybridized carbons (Fsp3) is 0.250. The number of rotatable bonds is 5. The summed E-state index contributed by atoms with van der Waals surface area (Å²) in [6.45, 7) is 1.24. The van der Waals surface area contributed by atoms with Gasteiger partial charge in [0.25, 0.3) is 0 Å². The van der Waals surface area contributed by atoms with E-state index in [0.717, 1.165) is 4.88 Å². The van der Waals surface area contributed by atoms with Gasteiger partial charge in [0.05, 0.1) is 28.9 Å². The fourth-order valence-corrected chi connectivity index (χ4v) is 4.67. The Morgan fingerprint density at radius 3 is 1.89 bits per heavy atom. The number of hydrogen-bond donors (Lipinski definition) is 2. The van der Waals surface area contributed by atoms with Gasteiger partial charge >= 0.3 is 12.2 Å². The van der Waals surface area contributed by atoms with Gasteiger partial charge in [-0.05, 0) is 63.8 Å². The van der Waals surface area contributed by atoms with Crippen molar-refractivity contribution in [3.05, 3.63) is 70.0 Å². The zero-order valence-electron chi connectivity index (χ0n) is 18.9. The number of nitrogens with zero attached hydrogens (tertiary/aromatic N) is 2. The molecule has 2 atom stereocenters. The van der Waals surface area contributed by atoms with Gasteiger partial charge in [0.1, 0.15) is 23.8 Å². The van der Waals surface area contributed by atoms with E-state index < -0.39 is 18.0 Å². The monoisotopic (exact) mass is 580 g/mol. The Bertz CT molecular complexity index is 1250. The number of amides is 2. The summed E-state index contributed by atoms with van der Waals surface area (Å²) < 4.78 is 37.9. The number of ether oxygens (including phenoxy) is 2. The maximum atomic E-state index is 14.2. The minimum Gasteiger partial charge on any atom is -0.443 e. The third-order valence-corrected chi connectivity index (χ3v) is 7.09. The summed E-state index contributed by atoms with van der Waals surface area (Å²) in [6, 6.07) is 13.0. The third-order valence-electron chi connectivity index (χ3n) is 5.54. The molecule has 4 N–H and O–H groups in total. The Balaban J connectivity index is 0.000000174. The molecule has 1 aromatic heterocycles. The second-order valence-electron chi connectivity index (χ2n) is 7.94. The lowest BCUT2D eigenvalue weighted by Crippen LogP contribution is -2.27. The summed E-state index contributed by atoms with van der Waals surface area (Å²) in [6.07, 6.45) is -1.62. The summed E-state index contributed by atoms with van der Waals surface area (Å²) in [5, 5.41) is 1.90. The summed E-state index contributed by atoms with van der Waals surface area (Å²) in [4.78, 5) is 26.8. The van der Waals surface area contributed by atoms with Crippen molar-refractivity contribution in [3.63, 3.8) is 0 Å². The molecule has 2 amide bonds. The molecule has 0 saturated carbocycles.